The van der Waals surface area contributed by atoms with E-state index in [1.807, 2.05) is 6.08 Å². The lowest BCUT2D eigenvalue weighted by atomic mass is 9.51. The molecule has 0 aromatic carbocycles. The maximum atomic E-state index is 11.7. The molecular formula is C20H26O. The van der Waals surface area contributed by atoms with Crippen molar-refractivity contribution in [1.82, 2.24) is 0 Å². The average molecular weight is 282 g/mol. The highest BCUT2D eigenvalue weighted by Gasteiger charge is 2.52. The van der Waals surface area contributed by atoms with Crippen LogP contribution < -0.4 is 0 Å². The van der Waals surface area contributed by atoms with Crippen molar-refractivity contribution in [2.24, 2.45) is 29.1 Å². The van der Waals surface area contributed by atoms with Gasteiger partial charge in [0.2, 0.25) is 0 Å². The number of hydrogen-bond acceptors (Lipinski definition) is 1. The zero-order valence-corrected chi connectivity index (χ0v) is 13.1. The first-order valence-electron chi connectivity index (χ1n) is 8.70. The Morgan fingerprint density at radius 1 is 1.24 bits per heavy atom. The molecule has 0 heterocycles. The first kappa shape index (κ1) is 13.5. The number of ketones is 1. The van der Waals surface area contributed by atoms with Crippen LogP contribution in [0, 0.1) is 29.1 Å². The molecule has 3 unspecified atom stereocenters. The summed E-state index contributed by atoms with van der Waals surface area (Å²) in [6.07, 6.45) is 14.9. The molecule has 4 rings (SSSR count). The van der Waals surface area contributed by atoms with Gasteiger partial charge in [-0.05, 0) is 79.3 Å². The van der Waals surface area contributed by atoms with Gasteiger partial charge in [-0.2, -0.15) is 0 Å². The van der Waals surface area contributed by atoms with Gasteiger partial charge in [-0.1, -0.05) is 31.2 Å². The summed E-state index contributed by atoms with van der Waals surface area (Å²) in [4.78, 5) is 11.7. The topological polar surface area (TPSA) is 17.1 Å². The first-order valence-corrected chi connectivity index (χ1v) is 8.70. The molecule has 1 heteroatoms. The number of allylic oxidation sites excluding steroid dienone is 5. The Morgan fingerprint density at radius 3 is 2.90 bits per heavy atom. The third-order valence-electron chi connectivity index (χ3n) is 7.16. The second kappa shape index (κ2) is 4.69. The molecule has 2 saturated carbocycles. The predicted molar refractivity (Wildman–Crippen MR) is 85.8 cm³/mol. The number of rotatable bonds is 1. The molecule has 21 heavy (non-hydrogen) atoms. The molecule has 2 fully saturated rings. The third-order valence-corrected chi connectivity index (χ3v) is 7.16. The van der Waals surface area contributed by atoms with E-state index < -0.39 is 0 Å². The SMILES string of the molecule is C=CC1=CCC2C3CCC4=CC(=O)CC[C@@H]4C3CC[C@]12C. The molecule has 0 spiro atoms. The maximum absolute atomic E-state index is 11.7. The zero-order valence-electron chi connectivity index (χ0n) is 13.1. The molecule has 0 radical (unpaired) electrons. The summed E-state index contributed by atoms with van der Waals surface area (Å²) in [5.41, 5.74) is 3.38. The van der Waals surface area contributed by atoms with Crippen molar-refractivity contribution in [2.75, 3.05) is 0 Å². The standard InChI is InChI=1S/C20H26O/c1-3-14-5-9-19-18-7-4-13-12-15(21)6-8-16(13)17(18)10-11-20(14,19)2/h3,5,12,16-19H,1,4,6-11H2,2H3/t16-,17?,18?,19?,20+/m0/s1. The van der Waals surface area contributed by atoms with E-state index in [4.69, 9.17) is 0 Å². The van der Waals surface area contributed by atoms with E-state index in [1.165, 1.54) is 43.3 Å². The second-order valence-electron chi connectivity index (χ2n) is 7.86. The quantitative estimate of drug-likeness (QED) is 0.672. The van der Waals surface area contributed by atoms with Gasteiger partial charge in [0, 0.05) is 6.42 Å². The van der Waals surface area contributed by atoms with E-state index in [9.17, 15) is 4.79 Å². The van der Waals surface area contributed by atoms with Crippen LogP contribution in [0.15, 0.2) is 36.0 Å². The van der Waals surface area contributed by atoms with E-state index in [-0.39, 0.29) is 0 Å². The van der Waals surface area contributed by atoms with Crippen LogP contribution in [0.2, 0.25) is 0 Å². The van der Waals surface area contributed by atoms with E-state index in [2.05, 4.69) is 25.7 Å². The minimum atomic E-state index is 0.372. The highest BCUT2D eigenvalue weighted by atomic mass is 16.1. The van der Waals surface area contributed by atoms with Gasteiger partial charge in [0.25, 0.3) is 0 Å². The smallest absolute Gasteiger partial charge is 0.155 e. The van der Waals surface area contributed by atoms with Gasteiger partial charge in [-0.25, -0.2) is 0 Å². The first-order chi connectivity index (χ1) is 10.1. The lowest BCUT2D eigenvalue weighted by Crippen LogP contribution is -2.45. The molecule has 0 N–H and O–H groups in total. The highest BCUT2D eigenvalue weighted by molar-refractivity contribution is 5.91. The van der Waals surface area contributed by atoms with E-state index in [0.717, 1.165) is 36.5 Å². The largest absolute Gasteiger partial charge is 0.295 e. The molecule has 0 bridgehead atoms. The van der Waals surface area contributed by atoms with E-state index >= 15 is 0 Å². The lowest BCUT2D eigenvalue weighted by Gasteiger charge is -2.53. The Hall–Kier alpha value is -1.11. The van der Waals surface area contributed by atoms with Crippen molar-refractivity contribution in [3.63, 3.8) is 0 Å². The van der Waals surface area contributed by atoms with Crippen LogP contribution in [0.4, 0.5) is 0 Å². The van der Waals surface area contributed by atoms with Gasteiger partial charge in [-0.15, -0.1) is 0 Å². The molecule has 1 nitrogen and oxygen atoms in total. The Labute approximate surface area is 128 Å². The number of carbonyl (C=O) groups is 1. The van der Waals surface area contributed by atoms with Gasteiger partial charge in [-0.3, -0.25) is 4.79 Å². The van der Waals surface area contributed by atoms with Crippen LogP contribution in [0.1, 0.15) is 51.9 Å². The highest BCUT2D eigenvalue weighted by Crippen LogP contribution is 2.61. The molecule has 0 aromatic rings. The summed E-state index contributed by atoms with van der Waals surface area (Å²) >= 11 is 0. The lowest BCUT2D eigenvalue weighted by molar-refractivity contribution is -0.115. The van der Waals surface area contributed by atoms with Crippen molar-refractivity contribution in [3.05, 3.63) is 36.0 Å². The number of fused-ring (bicyclic) bond motifs is 5. The minimum absolute atomic E-state index is 0.372. The van der Waals surface area contributed by atoms with Crippen LogP contribution in [0.3, 0.4) is 0 Å². The summed E-state index contributed by atoms with van der Waals surface area (Å²) in [6, 6.07) is 0. The number of hydrogen-bond donors (Lipinski definition) is 0. The molecule has 0 saturated heterocycles. The Balaban J connectivity index is 1.63. The molecular weight excluding hydrogens is 256 g/mol. The molecule has 112 valence electrons. The van der Waals surface area contributed by atoms with Crippen molar-refractivity contribution < 1.29 is 4.79 Å². The molecule has 0 aromatic heterocycles. The van der Waals surface area contributed by atoms with Crippen molar-refractivity contribution in [2.45, 2.75) is 51.9 Å². The monoisotopic (exact) mass is 282 g/mol. The summed E-state index contributed by atoms with van der Waals surface area (Å²) in [7, 11) is 0. The Kier molecular flexibility index (Phi) is 3.03. The third kappa shape index (κ3) is 1.86. The molecule has 4 aliphatic rings. The Morgan fingerprint density at radius 2 is 2.10 bits per heavy atom. The Bertz CT molecular complexity index is 552. The molecule has 0 aliphatic heterocycles. The second-order valence-corrected chi connectivity index (χ2v) is 7.86. The van der Waals surface area contributed by atoms with Gasteiger partial charge >= 0.3 is 0 Å². The van der Waals surface area contributed by atoms with Crippen LogP contribution in [0.25, 0.3) is 0 Å². The normalized spacial score (nSPS) is 45.1. The van der Waals surface area contributed by atoms with Crippen LogP contribution >= 0.6 is 0 Å². The molecule has 0 amide bonds. The summed E-state index contributed by atoms with van der Waals surface area (Å²) in [6.45, 7) is 6.52. The summed E-state index contributed by atoms with van der Waals surface area (Å²) in [5.74, 6) is 3.63. The zero-order chi connectivity index (χ0) is 14.6. The fraction of sp³-hybridized carbons (Fsp3) is 0.650. The van der Waals surface area contributed by atoms with Crippen molar-refractivity contribution >= 4 is 5.78 Å². The average Bonchev–Trinajstić information content (AvgIpc) is 2.83. The van der Waals surface area contributed by atoms with Gasteiger partial charge in [0.05, 0.1) is 0 Å². The van der Waals surface area contributed by atoms with Crippen molar-refractivity contribution in [1.29, 1.82) is 0 Å². The van der Waals surface area contributed by atoms with Crippen molar-refractivity contribution in [3.8, 4) is 0 Å². The summed E-state index contributed by atoms with van der Waals surface area (Å²) in [5, 5.41) is 0. The predicted octanol–water partition coefficient (Wildman–Crippen LogP) is 4.85. The summed E-state index contributed by atoms with van der Waals surface area (Å²) < 4.78 is 0. The van der Waals surface area contributed by atoms with Gasteiger partial charge < -0.3 is 0 Å². The van der Waals surface area contributed by atoms with Crippen LogP contribution in [-0.4, -0.2) is 5.78 Å². The number of carbonyl (C=O) groups excluding carboxylic acids is 1. The van der Waals surface area contributed by atoms with Crippen LogP contribution in [-0.2, 0) is 4.79 Å². The van der Waals surface area contributed by atoms with E-state index in [1.54, 1.807) is 0 Å². The fourth-order valence-electron chi connectivity index (χ4n) is 6.10. The van der Waals surface area contributed by atoms with E-state index in [0.29, 0.717) is 11.2 Å². The molecule has 5 atom stereocenters. The van der Waals surface area contributed by atoms with Gasteiger partial charge in [0.1, 0.15) is 0 Å². The molecule has 4 aliphatic carbocycles. The maximum Gasteiger partial charge on any atom is 0.155 e. The van der Waals surface area contributed by atoms with Gasteiger partial charge in [0.15, 0.2) is 5.78 Å². The fourth-order valence-corrected chi connectivity index (χ4v) is 6.10. The minimum Gasteiger partial charge on any atom is -0.295 e. The van der Waals surface area contributed by atoms with Crippen LogP contribution in [0.5, 0.6) is 0 Å².